The van der Waals surface area contributed by atoms with E-state index in [1.54, 1.807) is 36.5 Å². The summed E-state index contributed by atoms with van der Waals surface area (Å²) >= 11 is 7.65. The second-order valence-corrected chi connectivity index (χ2v) is 8.22. The van der Waals surface area contributed by atoms with Crippen LogP contribution in [0.15, 0.2) is 76.1 Å². The summed E-state index contributed by atoms with van der Waals surface area (Å²) < 4.78 is 7.45. The molecule has 5 aromatic rings. The lowest BCUT2D eigenvalue weighted by molar-refractivity contribution is -0.119. The number of aromatic nitrogens is 3. The molecule has 31 heavy (non-hydrogen) atoms. The average molecular weight is 451 g/mol. The minimum atomic E-state index is -0.584. The van der Waals surface area contributed by atoms with Crippen LogP contribution in [-0.2, 0) is 17.9 Å². The van der Waals surface area contributed by atoms with Gasteiger partial charge in [-0.05, 0) is 36.4 Å². The van der Waals surface area contributed by atoms with Gasteiger partial charge in [-0.15, -0.1) is 0 Å². The van der Waals surface area contributed by atoms with Crippen molar-refractivity contribution >= 4 is 55.3 Å². The SMILES string of the molecule is O=C(Cn1c(=O)oc2ccccc21)N(Cc1ccccn1)c1nc2c(Cl)cccc2s1. The van der Waals surface area contributed by atoms with Crippen LogP contribution in [-0.4, -0.2) is 20.4 Å². The Balaban J connectivity index is 1.55. The van der Waals surface area contributed by atoms with Gasteiger partial charge >= 0.3 is 5.76 Å². The standard InChI is InChI=1S/C22H15ClN4O3S/c23-15-7-5-10-18-20(15)25-21(31-18)27(12-14-6-3-4-11-24-14)19(28)13-26-16-8-1-2-9-17(16)30-22(26)29/h1-11H,12-13H2. The van der Waals surface area contributed by atoms with E-state index in [1.165, 1.54) is 20.8 Å². The van der Waals surface area contributed by atoms with Gasteiger partial charge in [-0.25, -0.2) is 9.78 Å². The van der Waals surface area contributed by atoms with Crippen LogP contribution >= 0.6 is 22.9 Å². The van der Waals surface area contributed by atoms with Crippen molar-refractivity contribution in [3.63, 3.8) is 0 Å². The van der Waals surface area contributed by atoms with Crippen LogP contribution in [0.5, 0.6) is 0 Å². The quantitative estimate of drug-likeness (QED) is 0.394. The molecule has 1 amide bonds. The highest BCUT2D eigenvalue weighted by atomic mass is 35.5. The van der Waals surface area contributed by atoms with Crippen LogP contribution in [0, 0.1) is 0 Å². The number of thiazole rings is 1. The number of carbonyl (C=O) groups is 1. The van der Waals surface area contributed by atoms with E-state index in [2.05, 4.69) is 9.97 Å². The lowest BCUT2D eigenvalue weighted by Gasteiger charge is -2.19. The predicted octanol–water partition coefficient (Wildman–Crippen LogP) is 4.49. The van der Waals surface area contributed by atoms with Gasteiger partial charge in [0.05, 0.1) is 27.5 Å². The normalized spacial score (nSPS) is 11.3. The first-order valence-corrected chi connectivity index (χ1v) is 10.6. The molecule has 0 spiro atoms. The van der Waals surface area contributed by atoms with Crippen molar-refractivity contribution in [3.05, 3.63) is 88.1 Å². The van der Waals surface area contributed by atoms with Gasteiger partial charge in [-0.1, -0.05) is 47.2 Å². The van der Waals surface area contributed by atoms with Crippen molar-refractivity contribution in [2.24, 2.45) is 0 Å². The van der Waals surface area contributed by atoms with Gasteiger partial charge < -0.3 is 4.42 Å². The number of benzene rings is 2. The van der Waals surface area contributed by atoms with Crippen molar-refractivity contribution in [2.75, 3.05) is 4.90 Å². The molecule has 154 valence electrons. The summed E-state index contributed by atoms with van der Waals surface area (Å²) in [6, 6.07) is 18.0. The minimum Gasteiger partial charge on any atom is -0.408 e. The number of carbonyl (C=O) groups excluding carboxylic acids is 1. The maximum atomic E-state index is 13.4. The minimum absolute atomic E-state index is 0.188. The maximum Gasteiger partial charge on any atom is 0.420 e. The van der Waals surface area contributed by atoms with E-state index in [-0.39, 0.29) is 19.0 Å². The molecule has 9 heteroatoms. The number of rotatable bonds is 5. The van der Waals surface area contributed by atoms with Crippen LogP contribution < -0.4 is 10.7 Å². The number of fused-ring (bicyclic) bond motifs is 2. The summed E-state index contributed by atoms with van der Waals surface area (Å²) in [4.78, 5) is 36.2. The third-order valence-corrected chi connectivity index (χ3v) is 6.15. The van der Waals surface area contributed by atoms with Gasteiger partial charge in [0.15, 0.2) is 10.7 Å². The smallest absolute Gasteiger partial charge is 0.408 e. The van der Waals surface area contributed by atoms with Crippen LogP contribution in [0.25, 0.3) is 21.3 Å². The zero-order chi connectivity index (χ0) is 21.4. The Morgan fingerprint density at radius 2 is 1.94 bits per heavy atom. The highest BCUT2D eigenvalue weighted by molar-refractivity contribution is 7.22. The van der Waals surface area contributed by atoms with E-state index < -0.39 is 5.76 Å². The van der Waals surface area contributed by atoms with Crippen LogP contribution in [0.1, 0.15) is 5.69 Å². The Kier molecular flexibility index (Phi) is 5.01. The summed E-state index contributed by atoms with van der Waals surface area (Å²) in [6.07, 6.45) is 1.67. The zero-order valence-corrected chi connectivity index (χ0v) is 17.6. The van der Waals surface area contributed by atoms with Gasteiger partial charge in [0.25, 0.3) is 0 Å². The number of oxazole rings is 1. The van der Waals surface area contributed by atoms with E-state index in [1.807, 2.05) is 30.3 Å². The van der Waals surface area contributed by atoms with Gasteiger partial charge in [0.2, 0.25) is 5.91 Å². The highest BCUT2D eigenvalue weighted by Crippen LogP contribution is 2.33. The first kappa shape index (κ1) is 19.5. The van der Waals surface area contributed by atoms with Gasteiger partial charge in [-0.3, -0.25) is 19.2 Å². The van der Waals surface area contributed by atoms with Crippen molar-refractivity contribution in [1.29, 1.82) is 0 Å². The van der Waals surface area contributed by atoms with Crippen molar-refractivity contribution in [2.45, 2.75) is 13.1 Å². The Morgan fingerprint density at radius 1 is 1.10 bits per heavy atom. The molecule has 0 bridgehead atoms. The predicted molar refractivity (Wildman–Crippen MR) is 121 cm³/mol. The Labute approximate surface area is 185 Å². The van der Waals surface area contributed by atoms with Gasteiger partial charge in [-0.2, -0.15) is 0 Å². The Hall–Kier alpha value is -3.49. The molecule has 0 saturated heterocycles. The molecule has 5 rings (SSSR count). The highest BCUT2D eigenvalue weighted by Gasteiger charge is 2.23. The number of pyridine rings is 1. The molecule has 0 aliphatic rings. The third kappa shape index (κ3) is 3.71. The molecule has 0 fully saturated rings. The zero-order valence-electron chi connectivity index (χ0n) is 16.1. The molecule has 3 aromatic heterocycles. The summed E-state index contributed by atoms with van der Waals surface area (Å²) in [6.45, 7) is 0.0218. The largest absolute Gasteiger partial charge is 0.420 e. The van der Waals surface area contributed by atoms with Crippen molar-refractivity contribution < 1.29 is 9.21 Å². The summed E-state index contributed by atoms with van der Waals surface area (Å²) in [5, 5.41) is 1.00. The molecule has 0 N–H and O–H groups in total. The van der Waals surface area contributed by atoms with Gasteiger partial charge in [0, 0.05) is 6.20 Å². The Morgan fingerprint density at radius 3 is 2.74 bits per heavy atom. The van der Waals surface area contributed by atoms with E-state index in [0.717, 1.165) is 4.70 Å². The lowest BCUT2D eigenvalue weighted by Crippen LogP contribution is -2.35. The number of nitrogens with zero attached hydrogens (tertiary/aromatic N) is 4. The fourth-order valence-corrected chi connectivity index (χ4v) is 4.60. The molecule has 2 aromatic carbocycles. The van der Waals surface area contributed by atoms with Crippen molar-refractivity contribution in [1.82, 2.24) is 14.5 Å². The van der Waals surface area contributed by atoms with E-state index in [9.17, 15) is 9.59 Å². The number of hydrogen-bond donors (Lipinski definition) is 0. The fraction of sp³-hybridized carbons (Fsp3) is 0.0909. The molecule has 0 radical (unpaired) electrons. The van der Waals surface area contributed by atoms with Gasteiger partial charge in [0.1, 0.15) is 12.1 Å². The first-order chi connectivity index (χ1) is 15.1. The lowest BCUT2D eigenvalue weighted by atomic mass is 10.3. The number of hydrogen-bond acceptors (Lipinski definition) is 6. The molecular weight excluding hydrogens is 436 g/mol. The topological polar surface area (TPSA) is 81.2 Å². The van der Waals surface area contributed by atoms with Crippen molar-refractivity contribution in [3.8, 4) is 0 Å². The average Bonchev–Trinajstić information content (AvgIpc) is 3.35. The van der Waals surface area contributed by atoms with Crippen LogP contribution in [0.4, 0.5) is 5.13 Å². The summed E-state index contributed by atoms with van der Waals surface area (Å²) in [7, 11) is 0. The molecule has 0 unspecified atom stereocenters. The second kappa shape index (κ2) is 7.98. The number of amides is 1. The first-order valence-electron chi connectivity index (χ1n) is 9.44. The third-order valence-electron chi connectivity index (χ3n) is 4.80. The second-order valence-electron chi connectivity index (χ2n) is 6.81. The molecule has 0 saturated carbocycles. The fourth-order valence-electron chi connectivity index (χ4n) is 3.32. The van der Waals surface area contributed by atoms with E-state index >= 15 is 0 Å². The van der Waals surface area contributed by atoms with E-state index in [4.69, 9.17) is 16.0 Å². The Bertz CT molecular complexity index is 1460. The molecular formula is C22H15ClN4O3S. The number of halogens is 1. The molecule has 3 heterocycles. The summed E-state index contributed by atoms with van der Waals surface area (Å²) in [5.41, 5.74) is 2.33. The molecule has 0 aliphatic carbocycles. The monoisotopic (exact) mass is 450 g/mol. The number of anilines is 1. The maximum absolute atomic E-state index is 13.4. The van der Waals surface area contributed by atoms with Crippen LogP contribution in [0.2, 0.25) is 5.02 Å². The molecule has 7 nitrogen and oxygen atoms in total. The number of para-hydroxylation sites is 3. The molecule has 0 aliphatic heterocycles. The molecule has 0 atom stereocenters. The summed E-state index contributed by atoms with van der Waals surface area (Å²) in [5.74, 6) is -0.894. The van der Waals surface area contributed by atoms with Crippen LogP contribution in [0.3, 0.4) is 0 Å². The van der Waals surface area contributed by atoms with E-state index in [0.29, 0.717) is 32.5 Å².